The van der Waals surface area contributed by atoms with Crippen molar-refractivity contribution in [2.24, 2.45) is 0 Å². The second-order valence-electron chi connectivity index (χ2n) is 6.06. The summed E-state index contributed by atoms with van der Waals surface area (Å²) in [4.78, 5) is 51.0. The Morgan fingerprint density at radius 3 is 1.89 bits per heavy atom. The van der Waals surface area contributed by atoms with E-state index in [2.05, 4.69) is 14.8 Å². The van der Waals surface area contributed by atoms with Gasteiger partial charge in [-0.15, -0.1) is 0 Å². The van der Waals surface area contributed by atoms with Crippen LogP contribution in [-0.2, 0) is 14.3 Å². The number of hydrogen-bond donors (Lipinski definition) is 1. The molecule has 3 amide bonds. The van der Waals surface area contributed by atoms with E-state index in [1.54, 1.807) is 9.80 Å². The lowest BCUT2D eigenvalue weighted by Gasteiger charge is -2.22. The first kappa shape index (κ1) is 20.2. The van der Waals surface area contributed by atoms with Crippen LogP contribution in [0, 0.1) is 0 Å². The first-order chi connectivity index (χ1) is 12.8. The van der Waals surface area contributed by atoms with E-state index < -0.39 is 11.9 Å². The highest BCUT2D eigenvalue weighted by Crippen LogP contribution is 2.18. The molecule has 1 fully saturated rings. The third kappa shape index (κ3) is 5.19. The van der Waals surface area contributed by atoms with Gasteiger partial charge in [0.15, 0.2) is 0 Å². The summed E-state index contributed by atoms with van der Waals surface area (Å²) in [7, 11) is 2.45. The van der Waals surface area contributed by atoms with Gasteiger partial charge in [-0.1, -0.05) is 0 Å². The van der Waals surface area contributed by atoms with Crippen LogP contribution in [0.1, 0.15) is 34.1 Å². The molecule has 0 spiro atoms. The Labute approximate surface area is 157 Å². The Morgan fingerprint density at radius 2 is 1.37 bits per heavy atom. The Bertz CT molecular complexity index is 714. The van der Waals surface area contributed by atoms with E-state index in [0.29, 0.717) is 32.6 Å². The van der Waals surface area contributed by atoms with Gasteiger partial charge >= 0.3 is 18.0 Å². The summed E-state index contributed by atoms with van der Waals surface area (Å²) in [5.74, 6) is -1.29. The van der Waals surface area contributed by atoms with Crippen LogP contribution < -0.4 is 5.32 Å². The zero-order valence-corrected chi connectivity index (χ0v) is 15.6. The molecule has 1 saturated heterocycles. The van der Waals surface area contributed by atoms with Crippen LogP contribution in [0.2, 0.25) is 0 Å². The average molecular weight is 377 g/mol. The average Bonchev–Trinajstić information content (AvgIpc) is 2.92. The number of carbonyl (C=O) groups excluding carboxylic acids is 4. The summed E-state index contributed by atoms with van der Waals surface area (Å²) in [6.07, 6.45) is 0.669. The van der Waals surface area contributed by atoms with E-state index in [-0.39, 0.29) is 28.8 Å². The number of carbonyl (C=O) groups is 4. The van der Waals surface area contributed by atoms with Gasteiger partial charge in [-0.25, -0.2) is 14.4 Å². The van der Waals surface area contributed by atoms with Gasteiger partial charge in [0.1, 0.15) is 0 Å². The maximum absolute atomic E-state index is 12.6. The minimum absolute atomic E-state index is 0.0224. The van der Waals surface area contributed by atoms with Crippen molar-refractivity contribution in [2.75, 3.05) is 45.7 Å². The Kier molecular flexibility index (Phi) is 6.75. The maximum atomic E-state index is 12.6. The molecule has 9 heteroatoms. The number of ether oxygens (including phenoxy) is 2. The molecule has 0 saturated carbocycles. The van der Waals surface area contributed by atoms with Crippen molar-refractivity contribution in [1.82, 2.24) is 9.80 Å². The molecule has 9 nitrogen and oxygen atoms in total. The number of nitrogens with one attached hydrogen (secondary N) is 1. The molecule has 1 aromatic carbocycles. The molecule has 146 valence electrons. The lowest BCUT2D eigenvalue weighted by molar-refractivity contribution is -0.128. The van der Waals surface area contributed by atoms with Crippen molar-refractivity contribution in [3.05, 3.63) is 29.3 Å². The third-order valence-electron chi connectivity index (χ3n) is 4.25. The van der Waals surface area contributed by atoms with E-state index in [1.807, 2.05) is 0 Å². The molecular weight excluding hydrogens is 354 g/mol. The van der Waals surface area contributed by atoms with Crippen LogP contribution in [0.4, 0.5) is 10.5 Å². The molecule has 1 aliphatic rings. The Balaban J connectivity index is 2.17. The minimum Gasteiger partial charge on any atom is -0.465 e. The van der Waals surface area contributed by atoms with Crippen LogP contribution in [-0.4, -0.2) is 74.1 Å². The Morgan fingerprint density at radius 1 is 0.852 bits per heavy atom. The predicted octanol–water partition coefficient (Wildman–Crippen LogP) is 1.35. The number of nitrogens with zero attached hydrogens (tertiary/aromatic N) is 2. The van der Waals surface area contributed by atoms with Gasteiger partial charge in [0.05, 0.1) is 25.3 Å². The van der Waals surface area contributed by atoms with Gasteiger partial charge in [-0.05, 0) is 24.6 Å². The molecule has 2 rings (SSSR count). The fraction of sp³-hybridized carbons (Fsp3) is 0.444. The van der Waals surface area contributed by atoms with Gasteiger partial charge < -0.3 is 24.6 Å². The molecule has 27 heavy (non-hydrogen) atoms. The normalized spacial score (nSPS) is 14.2. The molecule has 1 aromatic rings. The minimum atomic E-state index is -0.636. The molecule has 1 aliphatic heterocycles. The van der Waals surface area contributed by atoms with Crippen LogP contribution in [0.3, 0.4) is 0 Å². The summed E-state index contributed by atoms with van der Waals surface area (Å²) in [5, 5.41) is 2.69. The summed E-state index contributed by atoms with van der Waals surface area (Å²) < 4.78 is 9.36. The highest BCUT2D eigenvalue weighted by atomic mass is 16.5. The SMILES string of the molecule is COC(=O)c1cc(NC(=O)N2CCCN(C(C)=O)CC2)cc(C(=O)OC)c1. The predicted molar refractivity (Wildman–Crippen MR) is 96.6 cm³/mol. The standard InChI is InChI=1S/C18H23N3O6/c1-12(22)20-5-4-6-21(8-7-20)18(25)19-15-10-13(16(23)26-2)9-14(11-15)17(24)27-3/h9-11H,4-8H2,1-3H3,(H,19,25). The molecule has 1 N–H and O–H groups in total. The summed E-state index contributed by atoms with van der Waals surface area (Å²) in [5.41, 5.74) is 0.514. The number of anilines is 1. The molecule has 0 aliphatic carbocycles. The van der Waals surface area contributed by atoms with Crippen molar-refractivity contribution in [1.29, 1.82) is 0 Å². The number of rotatable bonds is 3. The zero-order chi connectivity index (χ0) is 20.0. The topological polar surface area (TPSA) is 105 Å². The van der Waals surface area contributed by atoms with Crippen molar-refractivity contribution in [2.45, 2.75) is 13.3 Å². The van der Waals surface area contributed by atoms with Gasteiger partial charge in [0, 0.05) is 38.8 Å². The largest absolute Gasteiger partial charge is 0.465 e. The molecule has 0 atom stereocenters. The zero-order valence-electron chi connectivity index (χ0n) is 15.6. The van der Waals surface area contributed by atoms with Crippen molar-refractivity contribution in [3.8, 4) is 0 Å². The number of methoxy groups -OCH3 is 2. The number of benzene rings is 1. The van der Waals surface area contributed by atoms with Crippen molar-refractivity contribution < 1.29 is 28.7 Å². The monoisotopic (exact) mass is 377 g/mol. The van der Waals surface area contributed by atoms with Gasteiger partial charge in [-0.3, -0.25) is 4.79 Å². The van der Waals surface area contributed by atoms with Crippen LogP contribution >= 0.6 is 0 Å². The molecule has 0 radical (unpaired) electrons. The molecule has 1 heterocycles. The van der Waals surface area contributed by atoms with Gasteiger partial charge in [-0.2, -0.15) is 0 Å². The van der Waals surface area contributed by atoms with E-state index in [9.17, 15) is 19.2 Å². The first-order valence-corrected chi connectivity index (χ1v) is 8.49. The van der Waals surface area contributed by atoms with Crippen LogP contribution in [0.25, 0.3) is 0 Å². The molecule has 0 bridgehead atoms. The number of hydrogen-bond acceptors (Lipinski definition) is 6. The fourth-order valence-corrected chi connectivity index (χ4v) is 2.81. The molecule has 0 aromatic heterocycles. The smallest absolute Gasteiger partial charge is 0.337 e. The van der Waals surface area contributed by atoms with E-state index in [1.165, 1.54) is 39.3 Å². The quantitative estimate of drug-likeness (QED) is 0.797. The van der Waals surface area contributed by atoms with E-state index in [4.69, 9.17) is 0 Å². The van der Waals surface area contributed by atoms with Crippen LogP contribution in [0.5, 0.6) is 0 Å². The fourth-order valence-electron chi connectivity index (χ4n) is 2.81. The van der Waals surface area contributed by atoms with E-state index >= 15 is 0 Å². The van der Waals surface area contributed by atoms with Crippen LogP contribution in [0.15, 0.2) is 18.2 Å². The summed E-state index contributed by atoms with van der Waals surface area (Å²) in [6.45, 7) is 3.45. The second-order valence-corrected chi connectivity index (χ2v) is 6.06. The van der Waals surface area contributed by atoms with Gasteiger partial charge in [0.2, 0.25) is 5.91 Å². The maximum Gasteiger partial charge on any atom is 0.337 e. The lowest BCUT2D eigenvalue weighted by atomic mass is 10.1. The summed E-state index contributed by atoms with van der Waals surface area (Å²) >= 11 is 0. The highest BCUT2D eigenvalue weighted by molar-refractivity contribution is 5.99. The summed E-state index contributed by atoms with van der Waals surface area (Å²) in [6, 6.07) is 3.81. The number of esters is 2. The highest BCUT2D eigenvalue weighted by Gasteiger charge is 2.21. The first-order valence-electron chi connectivity index (χ1n) is 8.49. The second kappa shape index (κ2) is 9.02. The lowest BCUT2D eigenvalue weighted by Crippen LogP contribution is -2.38. The van der Waals surface area contributed by atoms with Crippen molar-refractivity contribution in [3.63, 3.8) is 0 Å². The molecule has 0 unspecified atom stereocenters. The van der Waals surface area contributed by atoms with E-state index in [0.717, 1.165) is 0 Å². The third-order valence-corrected chi connectivity index (χ3v) is 4.25. The molecular formula is C18H23N3O6. The number of urea groups is 1. The van der Waals surface area contributed by atoms with Gasteiger partial charge in [0.25, 0.3) is 0 Å². The van der Waals surface area contributed by atoms with Crippen molar-refractivity contribution >= 4 is 29.6 Å². The number of amides is 3. The Hall–Kier alpha value is -3.10.